The standard InChI is InChI=1S/C28H36OP2/c1-21-15-9-11-17-23(21)30(24-18-12-10-16-22(24)2)25-19-13-14-20-26(25)31(29,27(3,4)5)28(6,7)8/h9-20H,1-8H3. The molecule has 3 aromatic carbocycles. The van der Waals surface area contributed by atoms with Crippen molar-refractivity contribution in [2.75, 3.05) is 0 Å². The highest BCUT2D eigenvalue weighted by molar-refractivity contribution is 7.83. The lowest BCUT2D eigenvalue weighted by Gasteiger charge is -2.43. The van der Waals surface area contributed by atoms with Crippen molar-refractivity contribution in [2.45, 2.75) is 65.7 Å². The molecule has 3 aromatic rings. The molecule has 0 saturated heterocycles. The minimum atomic E-state index is -2.79. The van der Waals surface area contributed by atoms with E-state index in [1.54, 1.807) is 0 Å². The first-order valence-corrected chi connectivity index (χ1v) is 14.1. The van der Waals surface area contributed by atoms with Crippen LogP contribution in [0.3, 0.4) is 0 Å². The van der Waals surface area contributed by atoms with E-state index in [0.717, 1.165) is 5.30 Å². The predicted octanol–water partition coefficient (Wildman–Crippen LogP) is 6.65. The number of benzene rings is 3. The largest absolute Gasteiger partial charge is 0.318 e. The fourth-order valence-electron chi connectivity index (χ4n) is 4.67. The van der Waals surface area contributed by atoms with Crippen LogP contribution in [0.5, 0.6) is 0 Å². The first kappa shape index (κ1) is 24.0. The van der Waals surface area contributed by atoms with Crippen molar-refractivity contribution in [1.82, 2.24) is 0 Å². The lowest BCUT2D eigenvalue weighted by Crippen LogP contribution is -2.42. The predicted molar refractivity (Wildman–Crippen MR) is 141 cm³/mol. The highest BCUT2D eigenvalue weighted by Crippen LogP contribution is 2.66. The van der Waals surface area contributed by atoms with Crippen LogP contribution in [0.15, 0.2) is 72.8 Å². The maximum absolute atomic E-state index is 15.0. The third-order valence-corrected chi connectivity index (χ3v) is 13.9. The Morgan fingerprint density at radius 3 is 1.32 bits per heavy atom. The summed E-state index contributed by atoms with van der Waals surface area (Å²) in [5, 5.41) is 4.30. The molecule has 0 radical (unpaired) electrons. The average Bonchev–Trinajstić information content (AvgIpc) is 2.69. The summed E-state index contributed by atoms with van der Waals surface area (Å²) in [5.74, 6) is 0. The summed E-state index contributed by atoms with van der Waals surface area (Å²) >= 11 is 0. The molecule has 0 bridgehead atoms. The molecule has 164 valence electrons. The zero-order valence-corrected chi connectivity index (χ0v) is 22.0. The molecule has 0 unspecified atom stereocenters. The molecular formula is C28H36OP2. The van der Waals surface area contributed by atoms with E-state index in [4.69, 9.17) is 0 Å². The zero-order chi connectivity index (χ0) is 23.0. The van der Waals surface area contributed by atoms with Gasteiger partial charge in [-0.05, 0) is 48.8 Å². The summed E-state index contributed by atoms with van der Waals surface area (Å²) in [6.45, 7) is 17.2. The highest BCUT2D eigenvalue weighted by atomic mass is 31.2. The summed E-state index contributed by atoms with van der Waals surface area (Å²) < 4.78 is 15.0. The molecule has 0 aromatic heterocycles. The van der Waals surface area contributed by atoms with E-state index in [-0.39, 0.29) is 10.3 Å². The van der Waals surface area contributed by atoms with Crippen LogP contribution in [-0.4, -0.2) is 10.3 Å². The van der Waals surface area contributed by atoms with E-state index in [1.807, 2.05) is 0 Å². The van der Waals surface area contributed by atoms with Crippen LogP contribution in [0, 0.1) is 13.8 Å². The summed E-state index contributed by atoms with van der Waals surface area (Å²) in [6, 6.07) is 25.9. The molecule has 0 amide bonds. The van der Waals surface area contributed by atoms with Crippen molar-refractivity contribution in [2.24, 2.45) is 0 Å². The van der Waals surface area contributed by atoms with Gasteiger partial charge in [0.05, 0.1) is 0 Å². The minimum absolute atomic E-state index is 0.334. The molecule has 0 fully saturated rings. The van der Waals surface area contributed by atoms with Crippen LogP contribution in [0.25, 0.3) is 0 Å². The Balaban J connectivity index is 2.43. The van der Waals surface area contributed by atoms with Crippen molar-refractivity contribution >= 4 is 36.3 Å². The van der Waals surface area contributed by atoms with Gasteiger partial charge in [-0.1, -0.05) is 114 Å². The van der Waals surface area contributed by atoms with Crippen LogP contribution in [0.4, 0.5) is 0 Å². The summed E-state index contributed by atoms with van der Waals surface area (Å²) in [7, 11) is -3.63. The van der Waals surface area contributed by atoms with Gasteiger partial charge in [0.2, 0.25) is 0 Å². The summed E-state index contributed by atoms with van der Waals surface area (Å²) in [6.07, 6.45) is 0. The van der Waals surface area contributed by atoms with Gasteiger partial charge in [0, 0.05) is 15.6 Å². The maximum atomic E-state index is 15.0. The summed E-state index contributed by atoms with van der Waals surface area (Å²) in [5.41, 5.74) is 2.57. The topological polar surface area (TPSA) is 17.1 Å². The van der Waals surface area contributed by atoms with E-state index >= 15 is 4.57 Å². The lowest BCUT2D eigenvalue weighted by atomic mass is 10.2. The van der Waals surface area contributed by atoms with Crippen molar-refractivity contribution in [3.8, 4) is 0 Å². The van der Waals surface area contributed by atoms with Crippen molar-refractivity contribution in [1.29, 1.82) is 0 Å². The third-order valence-electron chi connectivity index (χ3n) is 6.06. The monoisotopic (exact) mass is 450 g/mol. The number of rotatable bonds is 4. The van der Waals surface area contributed by atoms with Gasteiger partial charge in [0.1, 0.15) is 7.14 Å². The third kappa shape index (κ3) is 4.33. The van der Waals surface area contributed by atoms with Gasteiger partial charge in [-0.2, -0.15) is 0 Å². The molecule has 0 aliphatic heterocycles. The molecule has 0 N–H and O–H groups in total. The molecule has 0 saturated carbocycles. The van der Waals surface area contributed by atoms with E-state index in [9.17, 15) is 0 Å². The van der Waals surface area contributed by atoms with Gasteiger partial charge in [-0.25, -0.2) is 0 Å². The number of hydrogen-bond donors (Lipinski definition) is 0. The molecular weight excluding hydrogens is 414 g/mol. The second-order valence-corrected chi connectivity index (χ2v) is 16.8. The Morgan fingerprint density at radius 1 is 0.581 bits per heavy atom. The van der Waals surface area contributed by atoms with Crippen LogP contribution < -0.4 is 21.2 Å². The molecule has 0 atom stereocenters. The Kier molecular flexibility index (Phi) is 6.72. The molecule has 3 rings (SSSR count). The molecule has 31 heavy (non-hydrogen) atoms. The van der Waals surface area contributed by atoms with Gasteiger partial charge in [0.25, 0.3) is 0 Å². The van der Waals surface area contributed by atoms with Gasteiger partial charge >= 0.3 is 0 Å². The normalized spacial score (nSPS) is 12.9. The van der Waals surface area contributed by atoms with Crippen LogP contribution in [0.1, 0.15) is 52.7 Å². The molecule has 0 heterocycles. The van der Waals surface area contributed by atoms with Gasteiger partial charge < -0.3 is 4.57 Å². The molecule has 0 aliphatic rings. The van der Waals surface area contributed by atoms with Crippen molar-refractivity contribution in [3.05, 3.63) is 83.9 Å². The molecule has 0 aliphatic carbocycles. The molecule has 1 nitrogen and oxygen atoms in total. The fourth-order valence-corrected chi connectivity index (χ4v) is 12.2. The Bertz CT molecular complexity index is 1050. The highest BCUT2D eigenvalue weighted by Gasteiger charge is 2.49. The van der Waals surface area contributed by atoms with Crippen molar-refractivity contribution in [3.63, 3.8) is 0 Å². The van der Waals surface area contributed by atoms with Gasteiger partial charge in [-0.3, -0.25) is 0 Å². The first-order valence-electron chi connectivity index (χ1n) is 11.0. The fraction of sp³-hybridized carbons (Fsp3) is 0.357. The van der Waals surface area contributed by atoms with Crippen LogP contribution in [-0.2, 0) is 4.57 Å². The van der Waals surface area contributed by atoms with Crippen LogP contribution >= 0.6 is 15.1 Å². The Labute approximate surface area is 190 Å². The number of hydrogen-bond acceptors (Lipinski definition) is 1. The average molecular weight is 451 g/mol. The second-order valence-electron chi connectivity index (χ2n) is 10.3. The smallest absolute Gasteiger partial charge is 0.126 e. The SMILES string of the molecule is Cc1ccccc1P(c1ccccc1C)c1ccccc1P(=O)(C(C)(C)C)C(C)(C)C. The van der Waals surface area contributed by atoms with E-state index in [0.29, 0.717) is 0 Å². The summed E-state index contributed by atoms with van der Waals surface area (Å²) in [4.78, 5) is 0. The Morgan fingerprint density at radius 2 is 0.935 bits per heavy atom. The van der Waals surface area contributed by atoms with Crippen molar-refractivity contribution < 1.29 is 4.57 Å². The van der Waals surface area contributed by atoms with E-state index in [2.05, 4.69) is 128 Å². The first-order chi connectivity index (χ1) is 14.4. The number of aryl methyl sites for hydroxylation is 2. The molecule has 0 spiro atoms. The van der Waals surface area contributed by atoms with E-state index in [1.165, 1.54) is 27.0 Å². The van der Waals surface area contributed by atoms with Crippen LogP contribution in [0.2, 0.25) is 0 Å². The maximum Gasteiger partial charge on any atom is 0.126 e. The Hall–Kier alpha value is -1.68. The zero-order valence-electron chi connectivity index (χ0n) is 20.2. The van der Waals surface area contributed by atoms with Gasteiger partial charge in [0.15, 0.2) is 0 Å². The minimum Gasteiger partial charge on any atom is -0.318 e. The second kappa shape index (κ2) is 8.69. The lowest BCUT2D eigenvalue weighted by molar-refractivity contribution is 0.528. The molecule has 3 heteroatoms. The van der Waals surface area contributed by atoms with Gasteiger partial charge in [-0.15, -0.1) is 0 Å². The quantitative estimate of drug-likeness (QED) is 0.407. The van der Waals surface area contributed by atoms with E-state index < -0.39 is 15.1 Å².